The smallest absolute Gasteiger partial charge is 0.332 e. The topological polar surface area (TPSA) is 72.8 Å². The summed E-state index contributed by atoms with van der Waals surface area (Å²) in [6.45, 7) is 7.90. The van der Waals surface area contributed by atoms with Crippen LogP contribution in [-0.4, -0.2) is 42.3 Å². The Morgan fingerprint density at radius 3 is 2.46 bits per heavy atom. The van der Waals surface area contributed by atoms with E-state index in [1.54, 1.807) is 19.9 Å². The number of rotatable bonds is 12. The van der Waals surface area contributed by atoms with Crippen LogP contribution in [0.15, 0.2) is 48.1 Å². The molecule has 0 bridgehead atoms. The van der Waals surface area contributed by atoms with E-state index in [0.29, 0.717) is 24.9 Å². The van der Waals surface area contributed by atoms with Gasteiger partial charge < -0.3 is 14.6 Å². The number of aliphatic hydroxyl groups excluding tert-OH is 1. The first-order valence-electron chi connectivity index (χ1n) is 13.4. The maximum Gasteiger partial charge on any atom is 0.332 e. The summed E-state index contributed by atoms with van der Waals surface area (Å²) < 4.78 is 10.4. The zero-order valence-corrected chi connectivity index (χ0v) is 21.2. The Hall–Kier alpha value is -1.98. The van der Waals surface area contributed by atoms with Gasteiger partial charge in [-0.25, -0.2) is 4.79 Å². The molecule has 0 saturated heterocycles. The third-order valence-electron chi connectivity index (χ3n) is 10.2. The van der Waals surface area contributed by atoms with Crippen molar-refractivity contribution in [3.8, 4) is 0 Å². The lowest BCUT2D eigenvalue weighted by atomic mass is 8.96. The number of ether oxygens (including phenoxy) is 2. The third kappa shape index (κ3) is 3.13. The van der Waals surface area contributed by atoms with E-state index < -0.39 is 11.5 Å². The molecule has 0 heterocycles. The molecule has 0 aromatic heterocycles. The Bertz CT molecular complexity index is 992. The zero-order chi connectivity index (χ0) is 24.7. The first-order chi connectivity index (χ1) is 16.7. The second-order valence-corrected chi connectivity index (χ2v) is 12.6. The highest BCUT2D eigenvalue weighted by atomic mass is 16.6. The Balaban J connectivity index is 0.982. The molecule has 5 heteroatoms. The summed E-state index contributed by atoms with van der Waals surface area (Å²) in [4.78, 5) is 24.0. The molecule has 35 heavy (non-hydrogen) atoms. The van der Waals surface area contributed by atoms with Gasteiger partial charge in [0, 0.05) is 16.9 Å². The van der Waals surface area contributed by atoms with Gasteiger partial charge in [0.15, 0.2) is 5.78 Å². The number of carbonyl (C=O) groups is 2. The van der Waals surface area contributed by atoms with Crippen LogP contribution in [0.2, 0.25) is 0 Å². The van der Waals surface area contributed by atoms with E-state index in [4.69, 9.17) is 9.47 Å². The van der Waals surface area contributed by atoms with Crippen LogP contribution in [0.3, 0.4) is 0 Å². The number of aliphatic hydroxyl groups is 1. The van der Waals surface area contributed by atoms with Crippen LogP contribution in [0.4, 0.5) is 0 Å². The molecule has 0 amide bonds. The van der Waals surface area contributed by atoms with Gasteiger partial charge in [0.25, 0.3) is 0 Å². The highest BCUT2D eigenvalue weighted by Crippen LogP contribution is 3.06. The minimum atomic E-state index is -0.526. The van der Waals surface area contributed by atoms with E-state index in [1.807, 2.05) is 38.2 Å². The van der Waals surface area contributed by atoms with E-state index in [-0.39, 0.29) is 30.4 Å². The SMILES string of the molecule is CC(C)OC(=O)COC/C=C\C[C@H]1C=CC(=O)/C1=C/C(C)(C)[C@@H](O)C/C=C\C12C3C4C5C3C1C5C42. The van der Waals surface area contributed by atoms with Crippen LogP contribution in [0.1, 0.15) is 40.5 Å². The highest BCUT2D eigenvalue weighted by molar-refractivity contribution is 6.07. The summed E-state index contributed by atoms with van der Waals surface area (Å²) in [5.74, 6) is 6.98. The summed E-state index contributed by atoms with van der Waals surface area (Å²) in [7, 11) is 0. The van der Waals surface area contributed by atoms with Crippen LogP contribution in [0, 0.1) is 58.2 Å². The lowest BCUT2D eigenvalue weighted by molar-refractivity contribution is -0.599. The predicted octanol–water partition coefficient (Wildman–Crippen LogP) is 4.28. The van der Waals surface area contributed by atoms with E-state index in [1.165, 1.54) is 0 Å². The predicted molar refractivity (Wildman–Crippen MR) is 132 cm³/mol. The third-order valence-corrected chi connectivity index (χ3v) is 10.2. The molecule has 6 fully saturated rings. The average molecular weight is 479 g/mol. The fourth-order valence-electron chi connectivity index (χ4n) is 8.84. The number of allylic oxidation sites excluding steroid dienone is 5. The molecule has 0 radical (unpaired) electrons. The Labute approximate surface area is 208 Å². The largest absolute Gasteiger partial charge is 0.461 e. The normalized spacial score (nSPS) is 43.1. The van der Waals surface area contributed by atoms with Crippen molar-refractivity contribution >= 4 is 11.8 Å². The standard InChI is InChI=1S/C30H38O5/c1-16(2)35-21(33)15-34-13-6-5-8-17-10-11-19(31)18(17)14-29(3,4)20(32)9-7-12-30-26-23-22-24(26)28(30)25(22)27(23)30/h5-7,10-12,14,16-17,20,22-28,32H,8-9,13,15H2,1-4H3/b6-5-,12-7-,18-14+/t17-,20-,22?,23?,24?,25?,26?,27?,28?,30?/m0/s1. The first kappa shape index (κ1) is 23.4. The maximum atomic E-state index is 12.5. The summed E-state index contributed by atoms with van der Waals surface area (Å²) in [5, 5.41) is 11.0. The van der Waals surface area contributed by atoms with Gasteiger partial charge in [0.2, 0.25) is 0 Å². The molecule has 1 N–H and O–H groups in total. The van der Waals surface area contributed by atoms with Crippen molar-refractivity contribution in [1.82, 2.24) is 0 Å². The lowest BCUT2D eigenvalue weighted by Gasteiger charge is -3.07. The van der Waals surface area contributed by atoms with Crippen LogP contribution in [0.25, 0.3) is 0 Å². The van der Waals surface area contributed by atoms with Crippen LogP contribution >= 0.6 is 0 Å². The fraction of sp³-hybridized carbons (Fsp3) is 0.667. The van der Waals surface area contributed by atoms with Crippen molar-refractivity contribution in [3.63, 3.8) is 0 Å². The van der Waals surface area contributed by atoms with Crippen molar-refractivity contribution in [3.05, 3.63) is 48.1 Å². The van der Waals surface area contributed by atoms with Crippen molar-refractivity contribution in [2.24, 2.45) is 58.2 Å². The number of esters is 1. The van der Waals surface area contributed by atoms with Gasteiger partial charge >= 0.3 is 5.97 Å². The summed E-state index contributed by atoms with van der Waals surface area (Å²) in [6.07, 6.45) is 14.7. The van der Waals surface area contributed by atoms with Gasteiger partial charge in [0.05, 0.1) is 18.8 Å². The maximum absolute atomic E-state index is 12.5. The molecular weight excluding hydrogens is 440 g/mol. The van der Waals surface area contributed by atoms with Gasteiger partial charge in [-0.2, -0.15) is 0 Å². The zero-order valence-electron chi connectivity index (χ0n) is 21.2. The Morgan fingerprint density at radius 2 is 1.80 bits per heavy atom. The lowest BCUT2D eigenvalue weighted by Crippen LogP contribution is -3.04. The van der Waals surface area contributed by atoms with Crippen molar-refractivity contribution < 1.29 is 24.2 Å². The van der Waals surface area contributed by atoms with Crippen molar-refractivity contribution in [1.29, 1.82) is 0 Å². The van der Waals surface area contributed by atoms with Gasteiger partial charge in [-0.1, -0.05) is 50.3 Å². The summed E-state index contributed by atoms with van der Waals surface area (Å²) >= 11 is 0. The van der Waals surface area contributed by atoms with Gasteiger partial charge in [-0.05, 0) is 79.6 Å². The van der Waals surface area contributed by atoms with Crippen molar-refractivity contribution in [2.75, 3.05) is 13.2 Å². The van der Waals surface area contributed by atoms with Gasteiger partial charge in [-0.15, -0.1) is 0 Å². The molecule has 0 aromatic rings. The van der Waals surface area contributed by atoms with E-state index >= 15 is 0 Å². The molecule has 5 nitrogen and oxygen atoms in total. The summed E-state index contributed by atoms with van der Waals surface area (Å²) in [5.41, 5.74) is 0.804. The highest BCUT2D eigenvalue weighted by Gasteiger charge is 3.03. The molecule has 0 unspecified atom stereocenters. The quantitative estimate of drug-likeness (QED) is 0.196. The van der Waals surface area contributed by atoms with E-state index in [2.05, 4.69) is 12.2 Å². The second kappa shape index (κ2) is 8.01. The molecule has 0 aromatic carbocycles. The van der Waals surface area contributed by atoms with Gasteiger partial charge in [0.1, 0.15) is 6.61 Å². The molecule has 0 spiro atoms. The number of hydrogen-bond donors (Lipinski definition) is 1. The van der Waals surface area contributed by atoms with Crippen LogP contribution in [0.5, 0.6) is 0 Å². The van der Waals surface area contributed by atoms with Crippen LogP contribution in [-0.2, 0) is 19.1 Å². The second-order valence-electron chi connectivity index (χ2n) is 12.6. The molecule has 7 aliphatic carbocycles. The molecule has 6 saturated carbocycles. The minimum absolute atomic E-state index is 0.00199. The van der Waals surface area contributed by atoms with E-state index in [9.17, 15) is 14.7 Å². The Morgan fingerprint density at radius 1 is 1.11 bits per heavy atom. The van der Waals surface area contributed by atoms with Crippen molar-refractivity contribution in [2.45, 2.75) is 52.7 Å². The number of ketones is 1. The molecule has 188 valence electrons. The summed E-state index contributed by atoms with van der Waals surface area (Å²) in [6, 6.07) is 0. The Kier molecular flexibility index (Phi) is 5.36. The monoisotopic (exact) mass is 478 g/mol. The number of carbonyl (C=O) groups excluding carboxylic acids is 2. The minimum Gasteiger partial charge on any atom is -0.461 e. The van der Waals surface area contributed by atoms with Gasteiger partial charge in [-0.3, -0.25) is 4.79 Å². The van der Waals surface area contributed by atoms with Crippen LogP contribution < -0.4 is 0 Å². The average Bonchev–Trinajstić information content (AvgIpc) is 3.14. The fourth-order valence-corrected chi connectivity index (χ4v) is 8.84. The molecular formula is C30H38O5. The molecule has 2 atom stereocenters. The first-order valence-corrected chi connectivity index (χ1v) is 13.4. The molecule has 7 aliphatic rings. The molecule has 7 rings (SSSR count). The molecule has 0 aliphatic heterocycles. The van der Waals surface area contributed by atoms with E-state index in [0.717, 1.165) is 47.0 Å². The number of hydrogen-bond acceptors (Lipinski definition) is 5.